The van der Waals surface area contributed by atoms with E-state index < -0.39 is 0 Å². The van der Waals surface area contributed by atoms with E-state index in [1.165, 1.54) is 36.6 Å². The van der Waals surface area contributed by atoms with Crippen molar-refractivity contribution in [1.29, 1.82) is 0 Å². The van der Waals surface area contributed by atoms with Gasteiger partial charge in [0.15, 0.2) is 5.17 Å². The van der Waals surface area contributed by atoms with Crippen molar-refractivity contribution < 1.29 is 0 Å². The van der Waals surface area contributed by atoms with Gasteiger partial charge in [0, 0.05) is 11.8 Å². The molecule has 2 atom stereocenters. The quantitative estimate of drug-likeness (QED) is 0.797. The first kappa shape index (κ1) is 12.3. The van der Waals surface area contributed by atoms with E-state index in [1.807, 2.05) is 11.8 Å². The Morgan fingerprint density at radius 1 is 1.31 bits per heavy atom. The lowest BCUT2D eigenvalue weighted by Crippen LogP contribution is -2.30. The zero-order valence-corrected chi connectivity index (χ0v) is 11.5. The van der Waals surface area contributed by atoms with Crippen molar-refractivity contribution in [2.24, 2.45) is 16.8 Å². The van der Waals surface area contributed by atoms with Crippen LogP contribution in [0.1, 0.15) is 46.5 Å². The first-order chi connectivity index (χ1) is 7.63. The van der Waals surface area contributed by atoms with Crippen molar-refractivity contribution in [3.05, 3.63) is 0 Å². The Morgan fingerprint density at radius 2 is 2.06 bits per heavy atom. The van der Waals surface area contributed by atoms with Crippen LogP contribution in [0.4, 0.5) is 0 Å². The highest BCUT2D eigenvalue weighted by Gasteiger charge is 2.25. The lowest BCUT2D eigenvalue weighted by atomic mass is 10.1. The summed E-state index contributed by atoms with van der Waals surface area (Å²) in [4.78, 5) is 4.76. The van der Waals surface area contributed by atoms with Crippen LogP contribution in [0, 0.1) is 11.8 Å². The monoisotopic (exact) mass is 240 g/mol. The van der Waals surface area contributed by atoms with Gasteiger partial charge in [-0.25, -0.2) is 0 Å². The molecule has 1 heterocycles. The second-order valence-corrected chi connectivity index (χ2v) is 6.76. The minimum Gasteiger partial charge on any atom is -0.362 e. The van der Waals surface area contributed by atoms with Crippen LogP contribution in [0.3, 0.4) is 0 Å². The van der Waals surface area contributed by atoms with Crippen molar-refractivity contribution in [1.82, 2.24) is 5.32 Å². The summed E-state index contributed by atoms with van der Waals surface area (Å²) < 4.78 is 0. The summed E-state index contributed by atoms with van der Waals surface area (Å²) >= 11 is 1.91. The molecule has 1 aliphatic heterocycles. The van der Waals surface area contributed by atoms with E-state index in [0.717, 1.165) is 11.8 Å². The van der Waals surface area contributed by atoms with E-state index in [1.54, 1.807) is 0 Å². The van der Waals surface area contributed by atoms with E-state index in [4.69, 9.17) is 4.99 Å². The summed E-state index contributed by atoms with van der Waals surface area (Å²) in [7, 11) is 0. The second-order valence-electron chi connectivity index (χ2n) is 5.75. The number of hydrogen-bond acceptors (Lipinski definition) is 3. The molecule has 1 N–H and O–H groups in total. The zero-order valence-electron chi connectivity index (χ0n) is 10.7. The predicted octanol–water partition coefficient (Wildman–Crippen LogP) is 3.28. The van der Waals surface area contributed by atoms with Gasteiger partial charge in [0.2, 0.25) is 0 Å². The molecule has 16 heavy (non-hydrogen) atoms. The molecule has 1 saturated carbocycles. The topological polar surface area (TPSA) is 24.4 Å². The maximum atomic E-state index is 4.76. The molecule has 0 spiro atoms. The summed E-state index contributed by atoms with van der Waals surface area (Å²) in [5.41, 5.74) is 0. The van der Waals surface area contributed by atoms with Gasteiger partial charge in [-0.2, -0.15) is 0 Å². The second kappa shape index (κ2) is 5.44. The summed E-state index contributed by atoms with van der Waals surface area (Å²) in [6.45, 7) is 6.85. The van der Waals surface area contributed by atoms with E-state index in [9.17, 15) is 0 Å². The maximum Gasteiger partial charge on any atom is 0.157 e. The van der Waals surface area contributed by atoms with Crippen molar-refractivity contribution in [3.63, 3.8) is 0 Å². The molecular weight excluding hydrogens is 216 g/mol. The van der Waals surface area contributed by atoms with E-state index in [2.05, 4.69) is 26.1 Å². The van der Waals surface area contributed by atoms with Crippen molar-refractivity contribution >= 4 is 16.9 Å². The summed E-state index contributed by atoms with van der Waals surface area (Å²) in [5, 5.41) is 4.76. The number of amidine groups is 1. The van der Waals surface area contributed by atoms with Gasteiger partial charge >= 0.3 is 0 Å². The number of aliphatic imine (C=N–C) groups is 1. The molecule has 0 saturated heterocycles. The predicted molar refractivity (Wildman–Crippen MR) is 73.1 cm³/mol. The van der Waals surface area contributed by atoms with Gasteiger partial charge in [0.25, 0.3) is 0 Å². The fraction of sp³-hybridized carbons (Fsp3) is 0.923. The average Bonchev–Trinajstić information content (AvgIpc) is 2.87. The summed E-state index contributed by atoms with van der Waals surface area (Å²) in [6.07, 6.45) is 5.45. The third-order valence-electron chi connectivity index (χ3n) is 3.21. The fourth-order valence-corrected chi connectivity index (χ4v) is 3.35. The highest BCUT2D eigenvalue weighted by atomic mass is 32.2. The molecular formula is C13H24N2S. The molecule has 0 aromatic heterocycles. The fourth-order valence-electron chi connectivity index (χ4n) is 2.28. The summed E-state index contributed by atoms with van der Waals surface area (Å²) in [5.74, 6) is 2.94. The molecule has 1 aliphatic carbocycles. The Bertz CT molecular complexity index is 259. The molecule has 0 aromatic rings. The Labute approximate surface area is 104 Å². The molecule has 1 fully saturated rings. The van der Waals surface area contributed by atoms with Crippen molar-refractivity contribution in [2.75, 3.05) is 5.75 Å². The Morgan fingerprint density at radius 3 is 2.69 bits per heavy atom. The van der Waals surface area contributed by atoms with Crippen LogP contribution in [0.25, 0.3) is 0 Å². The third-order valence-corrected chi connectivity index (χ3v) is 4.26. The summed E-state index contributed by atoms with van der Waals surface area (Å²) in [6, 6.07) is 1.16. The van der Waals surface area contributed by atoms with Gasteiger partial charge in [-0.05, 0) is 31.6 Å². The molecule has 2 aliphatic rings. The number of rotatable bonds is 5. The van der Waals surface area contributed by atoms with E-state index in [-0.39, 0.29) is 0 Å². The smallest absolute Gasteiger partial charge is 0.157 e. The molecule has 92 valence electrons. The molecule has 0 bridgehead atoms. The number of hydrogen-bond donors (Lipinski definition) is 1. The number of nitrogens with one attached hydrogen (secondary N) is 1. The third kappa shape index (κ3) is 4.00. The minimum absolute atomic E-state index is 0.556. The normalized spacial score (nSPS) is 27.0. The Kier molecular flexibility index (Phi) is 4.17. The lowest BCUT2D eigenvalue weighted by Gasteiger charge is -2.13. The van der Waals surface area contributed by atoms with Crippen molar-refractivity contribution in [2.45, 2.75) is 58.5 Å². The van der Waals surface area contributed by atoms with E-state index in [0.29, 0.717) is 12.1 Å². The first-order valence-corrected chi connectivity index (χ1v) is 7.59. The average molecular weight is 240 g/mol. The van der Waals surface area contributed by atoms with Gasteiger partial charge in [0.1, 0.15) is 0 Å². The van der Waals surface area contributed by atoms with Crippen LogP contribution < -0.4 is 5.32 Å². The molecule has 0 radical (unpaired) electrons. The van der Waals surface area contributed by atoms with Gasteiger partial charge < -0.3 is 5.32 Å². The molecule has 0 aromatic carbocycles. The highest BCUT2D eigenvalue weighted by molar-refractivity contribution is 8.14. The molecule has 3 heteroatoms. The van der Waals surface area contributed by atoms with Crippen LogP contribution in [0.15, 0.2) is 4.99 Å². The zero-order chi connectivity index (χ0) is 11.5. The van der Waals surface area contributed by atoms with Crippen LogP contribution in [0.5, 0.6) is 0 Å². The Hall–Kier alpha value is -0.180. The van der Waals surface area contributed by atoms with Gasteiger partial charge in [-0.1, -0.05) is 38.5 Å². The maximum absolute atomic E-state index is 4.76. The molecule has 2 nitrogen and oxygen atoms in total. The van der Waals surface area contributed by atoms with Crippen LogP contribution >= 0.6 is 11.8 Å². The van der Waals surface area contributed by atoms with Gasteiger partial charge in [-0.3, -0.25) is 4.99 Å². The Balaban J connectivity index is 1.72. The highest BCUT2D eigenvalue weighted by Crippen LogP contribution is 2.33. The van der Waals surface area contributed by atoms with Crippen LogP contribution in [-0.4, -0.2) is 23.0 Å². The first-order valence-electron chi connectivity index (χ1n) is 6.60. The number of nitrogens with zero attached hydrogens (tertiary/aromatic N) is 1. The van der Waals surface area contributed by atoms with Gasteiger partial charge in [0.05, 0.1) is 6.04 Å². The minimum atomic E-state index is 0.556. The SMILES string of the molecule is CC(C)CC1CSC(NC(C)CC2CC2)=N1. The number of thioether (sulfide) groups is 1. The van der Waals surface area contributed by atoms with E-state index >= 15 is 0 Å². The molecule has 0 amide bonds. The van der Waals surface area contributed by atoms with Crippen molar-refractivity contribution in [3.8, 4) is 0 Å². The lowest BCUT2D eigenvalue weighted by molar-refractivity contribution is 0.525. The van der Waals surface area contributed by atoms with Crippen LogP contribution in [-0.2, 0) is 0 Å². The molecule has 2 unspecified atom stereocenters. The van der Waals surface area contributed by atoms with Crippen LogP contribution in [0.2, 0.25) is 0 Å². The largest absolute Gasteiger partial charge is 0.362 e. The molecule has 2 rings (SSSR count). The van der Waals surface area contributed by atoms with Gasteiger partial charge in [-0.15, -0.1) is 0 Å². The standard InChI is InChI=1S/C13H24N2S/c1-9(2)6-12-8-16-13(15-12)14-10(3)7-11-4-5-11/h9-12H,4-8H2,1-3H3,(H,14,15).